The summed E-state index contributed by atoms with van der Waals surface area (Å²) < 4.78 is 0. The molecular weight excluding hydrogens is 252 g/mol. The maximum Gasteiger partial charge on any atom is 0.0425 e. The van der Waals surface area contributed by atoms with Crippen LogP contribution in [0.4, 0.5) is 5.69 Å². The lowest BCUT2D eigenvalue weighted by Crippen LogP contribution is -2.31. The van der Waals surface area contributed by atoms with Crippen LogP contribution < -0.4 is 10.6 Å². The molecule has 1 aliphatic rings. The second-order valence-electron chi connectivity index (χ2n) is 5.67. The number of benzene rings is 1. The van der Waals surface area contributed by atoms with Crippen molar-refractivity contribution in [1.82, 2.24) is 0 Å². The van der Waals surface area contributed by atoms with Crippen LogP contribution in [0.15, 0.2) is 23.1 Å². The summed E-state index contributed by atoms with van der Waals surface area (Å²) in [6.07, 6.45) is 2.67. The molecule has 0 unspecified atom stereocenters. The van der Waals surface area contributed by atoms with Gasteiger partial charge in [-0.3, -0.25) is 0 Å². The molecule has 1 aromatic rings. The summed E-state index contributed by atoms with van der Waals surface area (Å²) in [5, 5.41) is 0. The van der Waals surface area contributed by atoms with E-state index in [0.717, 1.165) is 18.3 Å². The van der Waals surface area contributed by atoms with Crippen LogP contribution in [0, 0.1) is 5.92 Å². The molecule has 0 atom stereocenters. The average Bonchev–Trinajstić information content (AvgIpc) is 3.20. The average molecular weight is 278 g/mol. The summed E-state index contributed by atoms with van der Waals surface area (Å²) in [5.41, 5.74) is 8.74. The summed E-state index contributed by atoms with van der Waals surface area (Å²) in [6, 6.07) is 7.39. The van der Waals surface area contributed by atoms with E-state index < -0.39 is 0 Å². The standard InChI is InChI=1S/C16H26N2S/c1-4-19-16-7-5-6-15(14(16)10-17)18(11-12(2)3)13-8-9-13/h5-7,12-13H,4,8-11,17H2,1-3H3. The Kier molecular flexibility index (Phi) is 5.17. The van der Waals surface area contributed by atoms with E-state index in [4.69, 9.17) is 5.73 Å². The van der Waals surface area contributed by atoms with E-state index in [1.165, 1.54) is 29.0 Å². The van der Waals surface area contributed by atoms with E-state index in [-0.39, 0.29) is 0 Å². The Morgan fingerprint density at radius 1 is 1.37 bits per heavy atom. The minimum Gasteiger partial charge on any atom is -0.368 e. The van der Waals surface area contributed by atoms with E-state index in [1.54, 1.807) is 0 Å². The van der Waals surface area contributed by atoms with Crippen LogP contribution in [0.2, 0.25) is 0 Å². The third-order valence-corrected chi connectivity index (χ3v) is 4.45. The van der Waals surface area contributed by atoms with Crippen molar-refractivity contribution < 1.29 is 0 Å². The lowest BCUT2D eigenvalue weighted by atomic mass is 10.1. The molecule has 106 valence electrons. The molecule has 0 amide bonds. The number of rotatable bonds is 7. The Labute approximate surface area is 121 Å². The number of thioether (sulfide) groups is 1. The largest absolute Gasteiger partial charge is 0.368 e. The predicted molar refractivity (Wildman–Crippen MR) is 85.9 cm³/mol. The highest BCUT2D eigenvalue weighted by Crippen LogP contribution is 2.37. The van der Waals surface area contributed by atoms with Crippen LogP contribution in [0.3, 0.4) is 0 Å². The molecule has 19 heavy (non-hydrogen) atoms. The van der Waals surface area contributed by atoms with Crippen LogP contribution in [0.1, 0.15) is 39.2 Å². The van der Waals surface area contributed by atoms with Crippen LogP contribution in [0.25, 0.3) is 0 Å². The van der Waals surface area contributed by atoms with E-state index in [1.807, 2.05) is 11.8 Å². The number of hydrogen-bond donors (Lipinski definition) is 1. The first-order valence-electron chi connectivity index (χ1n) is 7.38. The number of nitrogens with zero attached hydrogens (tertiary/aromatic N) is 1. The van der Waals surface area contributed by atoms with Crippen molar-refractivity contribution in [2.75, 3.05) is 17.2 Å². The molecule has 0 saturated heterocycles. The lowest BCUT2D eigenvalue weighted by Gasteiger charge is -2.29. The summed E-state index contributed by atoms with van der Waals surface area (Å²) >= 11 is 1.90. The van der Waals surface area contributed by atoms with Gasteiger partial charge in [0.15, 0.2) is 0 Å². The van der Waals surface area contributed by atoms with Gasteiger partial charge >= 0.3 is 0 Å². The zero-order valence-electron chi connectivity index (χ0n) is 12.4. The minimum absolute atomic E-state index is 0.639. The van der Waals surface area contributed by atoms with Gasteiger partial charge in [0.2, 0.25) is 0 Å². The van der Waals surface area contributed by atoms with Crippen LogP contribution >= 0.6 is 11.8 Å². The van der Waals surface area contributed by atoms with Crippen molar-refractivity contribution in [1.29, 1.82) is 0 Å². The van der Waals surface area contributed by atoms with Gasteiger partial charge in [-0.1, -0.05) is 26.8 Å². The molecule has 0 aliphatic heterocycles. The molecular formula is C16H26N2S. The monoisotopic (exact) mass is 278 g/mol. The van der Waals surface area contributed by atoms with Crippen LogP contribution in [0.5, 0.6) is 0 Å². The van der Waals surface area contributed by atoms with Gasteiger partial charge in [0.1, 0.15) is 0 Å². The molecule has 2 rings (SSSR count). The quantitative estimate of drug-likeness (QED) is 0.767. The van der Waals surface area contributed by atoms with E-state index in [9.17, 15) is 0 Å². The normalized spacial score (nSPS) is 15.0. The van der Waals surface area contributed by atoms with Gasteiger partial charge in [0.25, 0.3) is 0 Å². The van der Waals surface area contributed by atoms with Crippen molar-refractivity contribution in [3.63, 3.8) is 0 Å². The van der Waals surface area contributed by atoms with Gasteiger partial charge in [-0.2, -0.15) is 0 Å². The Morgan fingerprint density at radius 3 is 2.63 bits per heavy atom. The molecule has 3 heteroatoms. The molecule has 1 aliphatic carbocycles. The zero-order chi connectivity index (χ0) is 13.8. The van der Waals surface area contributed by atoms with E-state index >= 15 is 0 Å². The fourth-order valence-corrected chi connectivity index (χ4v) is 3.39. The molecule has 1 aromatic carbocycles. The first-order chi connectivity index (χ1) is 9.17. The Morgan fingerprint density at radius 2 is 2.11 bits per heavy atom. The summed E-state index contributed by atoms with van der Waals surface area (Å²) in [7, 11) is 0. The molecule has 0 aromatic heterocycles. The van der Waals surface area contributed by atoms with E-state index in [2.05, 4.69) is 43.9 Å². The molecule has 0 radical (unpaired) electrons. The maximum atomic E-state index is 6.03. The highest BCUT2D eigenvalue weighted by Gasteiger charge is 2.30. The third-order valence-electron chi connectivity index (χ3n) is 3.47. The summed E-state index contributed by atoms with van der Waals surface area (Å²) in [6.45, 7) is 8.56. The Hall–Kier alpha value is -0.670. The molecule has 2 nitrogen and oxygen atoms in total. The Bertz CT molecular complexity index is 413. The van der Waals surface area contributed by atoms with Crippen molar-refractivity contribution in [2.24, 2.45) is 11.7 Å². The predicted octanol–water partition coefficient (Wildman–Crippen LogP) is 3.88. The first kappa shape index (κ1) is 14.7. The summed E-state index contributed by atoms with van der Waals surface area (Å²) in [4.78, 5) is 3.95. The molecule has 2 N–H and O–H groups in total. The van der Waals surface area contributed by atoms with Crippen LogP contribution in [-0.2, 0) is 6.54 Å². The fourth-order valence-electron chi connectivity index (χ4n) is 2.54. The Balaban J connectivity index is 2.32. The van der Waals surface area contributed by atoms with Gasteiger partial charge in [-0.15, -0.1) is 11.8 Å². The third kappa shape index (κ3) is 3.67. The zero-order valence-corrected chi connectivity index (χ0v) is 13.2. The summed E-state index contributed by atoms with van der Waals surface area (Å²) in [5.74, 6) is 1.79. The first-order valence-corrected chi connectivity index (χ1v) is 8.37. The minimum atomic E-state index is 0.639. The van der Waals surface area contributed by atoms with Crippen molar-refractivity contribution in [2.45, 2.75) is 51.1 Å². The number of anilines is 1. The molecule has 1 saturated carbocycles. The topological polar surface area (TPSA) is 29.3 Å². The van der Waals surface area contributed by atoms with Crippen LogP contribution in [-0.4, -0.2) is 18.3 Å². The highest BCUT2D eigenvalue weighted by atomic mass is 32.2. The van der Waals surface area contributed by atoms with Crippen molar-refractivity contribution in [3.05, 3.63) is 23.8 Å². The van der Waals surface area contributed by atoms with Gasteiger partial charge in [-0.25, -0.2) is 0 Å². The van der Waals surface area contributed by atoms with Gasteiger partial charge < -0.3 is 10.6 Å². The van der Waals surface area contributed by atoms with E-state index in [0.29, 0.717) is 12.5 Å². The van der Waals surface area contributed by atoms with Crippen molar-refractivity contribution in [3.8, 4) is 0 Å². The second kappa shape index (κ2) is 6.67. The molecule has 0 bridgehead atoms. The maximum absolute atomic E-state index is 6.03. The van der Waals surface area contributed by atoms with Gasteiger partial charge in [0, 0.05) is 35.3 Å². The fraction of sp³-hybridized carbons (Fsp3) is 0.625. The highest BCUT2D eigenvalue weighted by molar-refractivity contribution is 7.99. The van der Waals surface area contributed by atoms with Gasteiger partial charge in [0.05, 0.1) is 0 Å². The number of nitrogens with two attached hydrogens (primary N) is 1. The molecule has 0 spiro atoms. The SMILES string of the molecule is CCSc1cccc(N(CC(C)C)C2CC2)c1CN. The number of hydrogen-bond acceptors (Lipinski definition) is 3. The second-order valence-corrected chi connectivity index (χ2v) is 6.97. The molecule has 1 fully saturated rings. The lowest BCUT2D eigenvalue weighted by molar-refractivity contribution is 0.605. The smallest absolute Gasteiger partial charge is 0.0425 e. The van der Waals surface area contributed by atoms with Crippen molar-refractivity contribution >= 4 is 17.4 Å². The molecule has 0 heterocycles. The van der Waals surface area contributed by atoms with Gasteiger partial charge in [-0.05, 0) is 36.6 Å².